The Morgan fingerprint density at radius 1 is 1.09 bits per heavy atom. The number of anilines is 1. The molecule has 1 aliphatic rings. The highest BCUT2D eigenvalue weighted by Crippen LogP contribution is 2.33. The number of hydrogen-bond donors (Lipinski definition) is 1. The number of carbonyl (C=O) groups is 3. The molecule has 1 aromatic heterocycles. The molecule has 2 heterocycles. The van der Waals surface area contributed by atoms with Crippen molar-refractivity contribution in [1.29, 1.82) is 0 Å². The fourth-order valence-corrected chi connectivity index (χ4v) is 4.10. The Kier molecular flexibility index (Phi) is 6.41. The smallest absolute Gasteiger partial charge is 0.294 e. The van der Waals surface area contributed by atoms with Crippen molar-refractivity contribution in [2.24, 2.45) is 0 Å². The van der Waals surface area contributed by atoms with Gasteiger partial charge in [-0.1, -0.05) is 29.3 Å². The fourth-order valence-electron chi connectivity index (χ4n) is 2.98. The van der Waals surface area contributed by atoms with Crippen molar-refractivity contribution in [2.45, 2.75) is 6.92 Å². The highest BCUT2D eigenvalue weighted by molar-refractivity contribution is 8.18. The second-order valence-electron chi connectivity index (χ2n) is 6.99. The third-order valence-corrected chi connectivity index (χ3v) is 6.23. The van der Waals surface area contributed by atoms with Crippen molar-refractivity contribution < 1.29 is 18.8 Å². The molecule has 0 radical (unpaired) electrons. The molecule has 6 nitrogen and oxygen atoms in total. The largest absolute Gasteiger partial charge is 0.457 e. The molecule has 1 N–H and O–H groups in total. The number of aryl methyl sites for hydroxylation is 1. The van der Waals surface area contributed by atoms with Crippen LogP contribution in [0.25, 0.3) is 17.4 Å². The van der Waals surface area contributed by atoms with Gasteiger partial charge in [0.05, 0.1) is 4.91 Å². The van der Waals surface area contributed by atoms with E-state index in [2.05, 4.69) is 5.32 Å². The van der Waals surface area contributed by atoms with E-state index in [9.17, 15) is 14.4 Å². The lowest BCUT2D eigenvalue weighted by Crippen LogP contribution is -2.36. The van der Waals surface area contributed by atoms with Gasteiger partial charge in [0.1, 0.15) is 18.1 Å². The van der Waals surface area contributed by atoms with Crippen LogP contribution >= 0.6 is 35.0 Å². The highest BCUT2D eigenvalue weighted by atomic mass is 35.5. The summed E-state index contributed by atoms with van der Waals surface area (Å²) in [5.41, 5.74) is 2.19. The predicted molar refractivity (Wildman–Crippen MR) is 127 cm³/mol. The van der Waals surface area contributed by atoms with Crippen molar-refractivity contribution in [1.82, 2.24) is 4.90 Å². The normalized spacial score (nSPS) is 15.0. The number of nitrogens with zero attached hydrogens (tertiary/aromatic N) is 1. The van der Waals surface area contributed by atoms with Crippen LogP contribution in [0.2, 0.25) is 10.0 Å². The average molecular weight is 487 g/mol. The van der Waals surface area contributed by atoms with E-state index in [1.165, 1.54) is 6.08 Å². The summed E-state index contributed by atoms with van der Waals surface area (Å²) in [4.78, 5) is 38.4. The first kappa shape index (κ1) is 22.2. The molecule has 9 heteroatoms. The summed E-state index contributed by atoms with van der Waals surface area (Å²) in [6, 6.07) is 15.7. The summed E-state index contributed by atoms with van der Waals surface area (Å²) in [6.07, 6.45) is 1.49. The van der Waals surface area contributed by atoms with E-state index in [1.54, 1.807) is 42.5 Å². The number of halogens is 2. The Hall–Kier alpha value is -3.00. The molecule has 3 amide bonds. The van der Waals surface area contributed by atoms with Crippen LogP contribution < -0.4 is 5.32 Å². The van der Waals surface area contributed by atoms with Gasteiger partial charge in [0.15, 0.2) is 0 Å². The molecular formula is C23H16Cl2N2O4S. The number of amides is 3. The Morgan fingerprint density at radius 3 is 2.56 bits per heavy atom. The van der Waals surface area contributed by atoms with Crippen LogP contribution in [0, 0.1) is 6.92 Å². The Labute approximate surface area is 198 Å². The maximum atomic E-state index is 12.7. The molecule has 1 fully saturated rings. The molecule has 0 spiro atoms. The number of imide groups is 1. The number of carbonyl (C=O) groups excluding carboxylic acids is 3. The van der Waals surface area contributed by atoms with Crippen molar-refractivity contribution in [3.63, 3.8) is 0 Å². The SMILES string of the molecule is Cc1ccc(NC(=O)CN2C(=O)S/C(=C/c3ccc(-c4ccc(Cl)cc4)o3)C2=O)cc1Cl. The molecule has 32 heavy (non-hydrogen) atoms. The molecule has 0 saturated carbocycles. The van der Waals surface area contributed by atoms with Gasteiger partial charge in [-0.3, -0.25) is 19.3 Å². The van der Waals surface area contributed by atoms with Crippen LogP contribution in [-0.2, 0) is 9.59 Å². The van der Waals surface area contributed by atoms with Gasteiger partial charge in [-0.15, -0.1) is 0 Å². The second-order valence-corrected chi connectivity index (χ2v) is 8.83. The summed E-state index contributed by atoms with van der Waals surface area (Å²) in [6.45, 7) is 1.44. The van der Waals surface area contributed by atoms with Gasteiger partial charge >= 0.3 is 0 Å². The lowest BCUT2D eigenvalue weighted by atomic mass is 10.2. The minimum atomic E-state index is -0.554. The molecule has 4 rings (SSSR count). The first-order chi connectivity index (χ1) is 15.3. The fraction of sp³-hybridized carbons (Fsp3) is 0.0870. The number of furan rings is 1. The maximum Gasteiger partial charge on any atom is 0.294 e. The second kappa shape index (κ2) is 9.24. The molecular weight excluding hydrogens is 471 g/mol. The number of nitrogens with one attached hydrogen (secondary N) is 1. The Bertz CT molecular complexity index is 1250. The van der Waals surface area contributed by atoms with Crippen LogP contribution in [0.3, 0.4) is 0 Å². The lowest BCUT2D eigenvalue weighted by Gasteiger charge is -2.12. The van der Waals surface area contributed by atoms with Gasteiger partial charge in [-0.2, -0.15) is 0 Å². The monoisotopic (exact) mass is 486 g/mol. The first-order valence-electron chi connectivity index (χ1n) is 9.47. The van der Waals surface area contributed by atoms with E-state index in [0.717, 1.165) is 27.8 Å². The minimum absolute atomic E-state index is 0.179. The quantitative estimate of drug-likeness (QED) is 0.431. The van der Waals surface area contributed by atoms with Crippen molar-refractivity contribution in [3.8, 4) is 11.3 Å². The van der Waals surface area contributed by atoms with Crippen LogP contribution in [0.4, 0.5) is 10.5 Å². The van der Waals surface area contributed by atoms with Gasteiger partial charge < -0.3 is 9.73 Å². The van der Waals surface area contributed by atoms with Crippen molar-refractivity contribution in [2.75, 3.05) is 11.9 Å². The molecule has 0 aliphatic carbocycles. The van der Waals surface area contributed by atoms with E-state index in [-0.39, 0.29) is 4.91 Å². The molecule has 1 saturated heterocycles. The summed E-state index contributed by atoms with van der Waals surface area (Å²) in [5.74, 6) is -0.0412. The third kappa shape index (κ3) is 4.91. The van der Waals surface area contributed by atoms with Gasteiger partial charge in [0.25, 0.3) is 11.1 Å². The predicted octanol–water partition coefficient (Wildman–Crippen LogP) is 6.24. The number of rotatable bonds is 5. The van der Waals surface area contributed by atoms with Gasteiger partial charge in [-0.05, 0) is 72.8 Å². The Balaban J connectivity index is 1.44. The van der Waals surface area contributed by atoms with E-state index >= 15 is 0 Å². The third-order valence-electron chi connectivity index (χ3n) is 4.66. The summed E-state index contributed by atoms with van der Waals surface area (Å²) in [5, 5.41) is 3.24. The Morgan fingerprint density at radius 2 is 1.84 bits per heavy atom. The van der Waals surface area contributed by atoms with Gasteiger partial charge in [0, 0.05) is 27.4 Å². The van der Waals surface area contributed by atoms with Crippen LogP contribution in [0.15, 0.2) is 63.9 Å². The lowest BCUT2D eigenvalue weighted by molar-refractivity contribution is -0.127. The zero-order valence-corrected chi connectivity index (χ0v) is 19.1. The van der Waals surface area contributed by atoms with Crippen molar-refractivity contribution >= 4 is 63.8 Å². The summed E-state index contributed by atoms with van der Waals surface area (Å²) >= 11 is 12.7. The molecule has 1 aliphatic heterocycles. The van der Waals surface area contributed by atoms with Crippen LogP contribution in [0.5, 0.6) is 0 Å². The van der Waals surface area contributed by atoms with E-state index < -0.39 is 23.6 Å². The minimum Gasteiger partial charge on any atom is -0.457 e. The van der Waals surface area contributed by atoms with Crippen LogP contribution in [-0.4, -0.2) is 28.5 Å². The molecule has 3 aromatic rings. The number of thioether (sulfide) groups is 1. The average Bonchev–Trinajstić information content (AvgIpc) is 3.32. The van der Waals surface area contributed by atoms with Crippen molar-refractivity contribution in [3.05, 3.63) is 80.9 Å². The maximum absolute atomic E-state index is 12.7. The van der Waals surface area contributed by atoms with E-state index in [4.69, 9.17) is 27.6 Å². The summed E-state index contributed by atoms with van der Waals surface area (Å²) < 4.78 is 5.76. The number of hydrogen-bond acceptors (Lipinski definition) is 5. The first-order valence-corrected chi connectivity index (χ1v) is 11.0. The molecule has 0 unspecified atom stereocenters. The highest BCUT2D eigenvalue weighted by Gasteiger charge is 2.36. The van der Waals surface area contributed by atoms with Gasteiger partial charge in [0.2, 0.25) is 5.91 Å². The van der Waals surface area contributed by atoms with Gasteiger partial charge in [-0.25, -0.2) is 0 Å². The van der Waals surface area contributed by atoms with Crippen LogP contribution in [0.1, 0.15) is 11.3 Å². The van der Waals surface area contributed by atoms with E-state index in [0.29, 0.717) is 27.3 Å². The van der Waals surface area contributed by atoms with E-state index in [1.807, 2.05) is 19.1 Å². The number of benzene rings is 2. The summed E-state index contributed by atoms with van der Waals surface area (Å²) in [7, 11) is 0. The molecule has 0 atom stereocenters. The zero-order chi connectivity index (χ0) is 22.8. The topological polar surface area (TPSA) is 79.6 Å². The standard InChI is InChI=1S/C23H16Cl2N2O4S/c1-13-2-7-16(10-18(13)25)26-21(28)12-27-22(29)20(32-23(27)30)11-17-8-9-19(31-17)14-3-5-15(24)6-4-14/h2-11H,12H2,1H3,(H,26,28)/b20-11+. The molecule has 162 valence electrons. The zero-order valence-electron chi connectivity index (χ0n) is 16.7. The molecule has 0 bridgehead atoms. The molecule has 2 aromatic carbocycles.